The van der Waals surface area contributed by atoms with Gasteiger partial charge in [0.25, 0.3) is 5.89 Å². The lowest BCUT2D eigenvalue weighted by molar-refractivity contribution is 0.0285. The monoisotopic (exact) mass is 314 g/mol. The molecular formula is C16H14N2O3S. The van der Waals surface area contributed by atoms with Crippen molar-refractivity contribution < 1.29 is 13.9 Å². The van der Waals surface area contributed by atoms with Gasteiger partial charge in [-0.1, -0.05) is 18.2 Å². The van der Waals surface area contributed by atoms with Crippen LogP contribution in [0.5, 0.6) is 0 Å². The van der Waals surface area contributed by atoms with E-state index in [1.807, 2.05) is 48.7 Å². The van der Waals surface area contributed by atoms with E-state index >= 15 is 0 Å². The molecule has 0 fully saturated rings. The van der Waals surface area contributed by atoms with Crippen LogP contribution in [-0.2, 0) is 4.74 Å². The van der Waals surface area contributed by atoms with E-state index in [-0.39, 0.29) is 11.9 Å². The largest absolute Gasteiger partial charge is 0.448 e. The molecule has 2 heterocycles. The fraction of sp³-hybridized carbons (Fsp3) is 0.188. The highest BCUT2D eigenvalue weighted by Gasteiger charge is 2.21. The van der Waals surface area contributed by atoms with Crippen LogP contribution in [0, 0.1) is 6.92 Å². The Morgan fingerprint density at radius 2 is 2.00 bits per heavy atom. The molecule has 0 aliphatic carbocycles. The van der Waals surface area contributed by atoms with Crippen LogP contribution in [0.4, 0.5) is 0 Å². The van der Waals surface area contributed by atoms with Gasteiger partial charge in [0.1, 0.15) is 4.88 Å². The Hall–Kier alpha value is -2.47. The second-order valence-corrected chi connectivity index (χ2v) is 5.71. The maximum Gasteiger partial charge on any atom is 0.349 e. The van der Waals surface area contributed by atoms with Crippen LogP contribution in [0.3, 0.4) is 0 Å². The molecule has 112 valence electrons. The average Bonchev–Trinajstić information content (AvgIpc) is 3.17. The highest BCUT2D eigenvalue weighted by atomic mass is 32.1. The standard InChI is InChI=1S/C16H14N2O3S/c1-10-8-9-22-13(10)16(19)20-11(2)14-17-18-15(21-14)12-6-4-3-5-7-12/h3-9,11H,1-2H3/t11-/m0/s1. The van der Waals surface area contributed by atoms with Crippen molar-refractivity contribution in [3.63, 3.8) is 0 Å². The zero-order valence-electron chi connectivity index (χ0n) is 12.1. The number of esters is 1. The van der Waals surface area contributed by atoms with Gasteiger partial charge in [0.15, 0.2) is 6.10 Å². The van der Waals surface area contributed by atoms with Gasteiger partial charge < -0.3 is 9.15 Å². The molecule has 0 saturated carbocycles. The van der Waals surface area contributed by atoms with Gasteiger partial charge in [-0.2, -0.15) is 0 Å². The van der Waals surface area contributed by atoms with Crippen LogP contribution >= 0.6 is 11.3 Å². The zero-order valence-corrected chi connectivity index (χ0v) is 13.0. The third-order valence-corrected chi connectivity index (χ3v) is 4.14. The van der Waals surface area contributed by atoms with Crippen LogP contribution in [0.1, 0.15) is 34.2 Å². The van der Waals surface area contributed by atoms with Crippen molar-refractivity contribution in [2.75, 3.05) is 0 Å². The molecule has 0 bridgehead atoms. The molecule has 0 N–H and O–H groups in total. The molecule has 1 atom stereocenters. The second-order valence-electron chi connectivity index (χ2n) is 4.79. The zero-order chi connectivity index (χ0) is 15.5. The topological polar surface area (TPSA) is 65.2 Å². The minimum Gasteiger partial charge on any atom is -0.448 e. The molecule has 1 aromatic carbocycles. The first kappa shape index (κ1) is 14.5. The normalized spacial score (nSPS) is 12.1. The fourth-order valence-corrected chi connectivity index (χ4v) is 2.75. The van der Waals surface area contributed by atoms with Gasteiger partial charge in [0, 0.05) is 5.56 Å². The summed E-state index contributed by atoms with van der Waals surface area (Å²) in [5.41, 5.74) is 1.73. The predicted octanol–water partition coefficient (Wildman–Crippen LogP) is 4.02. The van der Waals surface area contributed by atoms with E-state index in [0.717, 1.165) is 11.1 Å². The highest BCUT2D eigenvalue weighted by molar-refractivity contribution is 7.12. The number of hydrogen-bond donors (Lipinski definition) is 0. The van der Waals surface area contributed by atoms with Gasteiger partial charge in [-0.25, -0.2) is 4.79 Å². The Labute approximate surface area is 131 Å². The molecule has 6 heteroatoms. The molecule has 2 aromatic heterocycles. The molecule has 0 unspecified atom stereocenters. The highest BCUT2D eigenvalue weighted by Crippen LogP contribution is 2.24. The first-order chi connectivity index (χ1) is 10.6. The Morgan fingerprint density at radius 1 is 1.23 bits per heavy atom. The summed E-state index contributed by atoms with van der Waals surface area (Å²) in [5, 5.41) is 9.81. The Bertz CT molecular complexity index is 780. The summed E-state index contributed by atoms with van der Waals surface area (Å²) in [5.74, 6) is 0.312. The van der Waals surface area contributed by atoms with Crippen molar-refractivity contribution in [2.24, 2.45) is 0 Å². The number of aryl methyl sites for hydroxylation is 1. The Morgan fingerprint density at radius 3 is 2.68 bits per heavy atom. The van der Waals surface area contributed by atoms with Gasteiger partial charge in [0.05, 0.1) is 0 Å². The molecule has 0 radical (unpaired) electrons. The number of nitrogens with zero attached hydrogens (tertiary/aromatic N) is 2. The van der Waals surface area contributed by atoms with Crippen LogP contribution in [0.15, 0.2) is 46.2 Å². The number of carbonyl (C=O) groups is 1. The second kappa shape index (κ2) is 6.11. The summed E-state index contributed by atoms with van der Waals surface area (Å²) in [7, 11) is 0. The van der Waals surface area contributed by atoms with Crippen molar-refractivity contribution in [3.8, 4) is 11.5 Å². The van der Waals surface area contributed by atoms with Crippen molar-refractivity contribution >= 4 is 17.3 Å². The van der Waals surface area contributed by atoms with Gasteiger partial charge in [-0.05, 0) is 43.0 Å². The first-order valence-corrected chi connectivity index (χ1v) is 7.67. The summed E-state index contributed by atoms with van der Waals surface area (Å²) in [6.07, 6.45) is -0.598. The maximum absolute atomic E-state index is 12.1. The SMILES string of the molecule is Cc1ccsc1C(=O)O[C@@H](C)c1nnc(-c2ccccc2)o1. The van der Waals surface area contributed by atoms with Crippen LogP contribution < -0.4 is 0 Å². The van der Waals surface area contributed by atoms with E-state index in [4.69, 9.17) is 9.15 Å². The summed E-state index contributed by atoms with van der Waals surface area (Å²) >= 11 is 1.36. The van der Waals surface area contributed by atoms with Gasteiger partial charge in [0.2, 0.25) is 5.89 Å². The molecule has 0 aliphatic rings. The summed E-state index contributed by atoms with van der Waals surface area (Å²) < 4.78 is 11.0. The smallest absolute Gasteiger partial charge is 0.349 e. The number of aromatic nitrogens is 2. The number of thiophene rings is 1. The van der Waals surface area contributed by atoms with Crippen molar-refractivity contribution in [2.45, 2.75) is 20.0 Å². The van der Waals surface area contributed by atoms with Gasteiger partial charge in [-0.15, -0.1) is 21.5 Å². The van der Waals surface area contributed by atoms with E-state index in [1.165, 1.54) is 11.3 Å². The lowest BCUT2D eigenvalue weighted by Gasteiger charge is -2.08. The van der Waals surface area contributed by atoms with E-state index in [9.17, 15) is 4.79 Å². The minimum absolute atomic E-state index is 0.279. The van der Waals surface area contributed by atoms with Crippen molar-refractivity contribution in [3.05, 3.63) is 58.1 Å². The minimum atomic E-state index is -0.598. The molecule has 0 saturated heterocycles. The third kappa shape index (κ3) is 2.92. The van der Waals surface area contributed by atoms with Gasteiger partial charge in [-0.3, -0.25) is 0 Å². The summed E-state index contributed by atoms with van der Waals surface area (Å²) in [6, 6.07) is 11.3. The Kier molecular flexibility index (Phi) is 4.02. The van der Waals surface area contributed by atoms with E-state index < -0.39 is 6.10 Å². The lowest BCUT2D eigenvalue weighted by atomic mass is 10.2. The summed E-state index contributed by atoms with van der Waals surface area (Å²) in [4.78, 5) is 12.7. The Balaban J connectivity index is 1.73. The third-order valence-electron chi connectivity index (χ3n) is 3.14. The van der Waals surface area contributed by atoms with Crippen molar-refractivity contribution in [1.29, 1.82) is 0 Å². The molecule has 0 amide bonds. The van der Waals surface area contributed by atoms with Crippen molar-refractivity contribution in [1.82, 2.24) is 10.2 Å². The number of hydrogen-bond acceptors (Lipinski definition) is 6. The van der Waals surface area contributed by atoms with E-state index in [2.05, 4.69) is 10.2 Å². The van der Waals surface area contributed by atoms with Crippen LogP contribution in [-0.4, -0.2) is 16.2 Å². The predicted molar refractivity (Wildman–Crippen MR) is 82.6 cm³/mol. The molecule has 5 nitrogen and oxygen atoms in total. The van der Waals surface area contributed by atoms with Crippen LogP contribution in [0.25, 0.3) is 11.5 Å². The van der Waals surface area contributed by atoms with E-state index in [1.54, 1.807) is 6.92 Å². The fourth-order valence-electron chi connectivity index (χ4n) is 1.94. The van der Waals surface area contributed by atoms with Gasteiger partial charge >= 0.3 is 5.97 Å². The quantitative estimate of drug-likeness (QED) is 0.680. The molecule has 3 rings (SSSR count). The number of benzene rings is 1. The first-order valence-electron chi connectivity index (χ1n) is 6.79. The number of carbonyl (C=O) groups excluding carboxylic acids is 1. The van der Waals surface area contributed by atoms with Crippen LogP contribution in [0.2, 0.25) is 0 Å². The molecule has 0 spiro atoms. The number of ether oxygens (including phenoxy) is 1. The molecule has 3 aromatic rings. The maximum atomic E-state index is 12.1. The summed E-state index contributed by atoms with van der Waals surface area (Å²) in [6.45, 7) is 3.58. The number of rotatable bonds is 4. The molecule has 22 heavy (non-hydrogen) atoms. The lowest BCUT2D eigenvalue weighted by Crippen LogP contribution is -2.09. The van der Waals surface area contributed by atoms with E-state index in [0.29, 0.717) is 10.8 Å². The average molecular weight is 314 g/mol. The molecular weight excluding hydrogens is 300 g/mol. The molecule has 0 aliphatic heterocycles.